The molecule has 2 aromatic carbocycles. The van der Waals surface area contributed by atoms with Gasteiger partial charge in [0.05, 0.1) is 27.5 Å². The van der Waals surface area contributed by atoms with Crippen LogP contribution < -0.4 is 0 Å². The van der Waals surface area contributed by atoms with Crippen molar-refractivity contribution in [3.8, 4) is 0 Å². The van der Waals surface area contributed by atoms with E-state index >= 15 is 0 Å². The van der Waals surface area contributed by atoms with E-state index in [0.717, 1.165) is 11.0 Å². The first-order valence-electron chi connectivity index (χ1n) is 8.62. The van der Waals surface area contributed by atoms with Crippen LogP contribution in [-0.4, -0.2) is 47.1 Å². The molecular weight excluding hydrogens is 386 g/mol. The highest BCUT2D eigenvalue weighted by Gasteiger charge is 2.36. The molecule has 0 N–H and O–H groups in total. The van der Waals surface area contributed by atoms with Crippen molar-refractivity contribution in [2.75, 3.05) is 13.1 Å². The van der Waals surface area contributed by atoms with Gasteiger partial charge in [-0.3, -0.25) is 4.79 Å². The Hall–Kier alpha value is -2.38. The van der Waals surface area contributed by atoms with Gasteiger partial charge in [-0.05, 0) is 42.8 Å². The molecule has 0 radical (unpaired) electrons. The van der Waals surface area contributed by atoms with Crippen LogP contribution in [0.1, 0.15) is 6.42 Å². The van der Waals surface area contributed by atoms with Gasteiger partial charge in [-0.25, -0.2) is 13.4 Å². The molecule has 1 aliphatic rings. The Morgan fingerprint density at radius 2 is 1.89 bits per heavy atom. The molecular formula is C19H18ClN3O3S. The first-order chi connectivity index (χ1) is 12.9. The quantitative estimate of drug-likeness (QED) is 0.671. The number of para-hydroxylation sites is 2. The predicted octanol–water partition coefficient (Wildman–Crippen LogP) is 2.76. The minimum atomic E-state index is -3.49. The Bertz CT molecular complexity index is 1090. The number of nitrogens with zero attached hydrogens (tertiary/aromatic N) is 3. The third kappa shape index (κ3) is 3.44. The molecule has 1 atom stereocenters. The number of sulfone groups is 1. The molecule has 0 aliphatic carbocycles. The normalized spacial score (nSPS) is 17.5. The number of benzene rings is 2. The first kappa shape index (κ1) is 18.0. The molecule has 1 saturated heterocycles. The van der Waals surface area contributed by atoms with E-state index in [1.54, 1.807) is 27.9 Å². The van der Waals surface area contributed by atoms with Crippen LogP contribution in [0.25, 0.3) is 11.0 Å². The maximum absolute atomic E-state index is 12.8. The summed E-state index contributed by atoms with van der Waals surface area (Å²) in [6.07, 6.45) is 2.07. The second-order valence-corrected chi connectivity index (χ2v) is 9.28. The molecule has 27 heavy (non-hydrogen) atoms. The van der Waals surface area contributed by atoms with Gasteiger partial charge in [-0.15, -0.1) is 0 Å². The van der Waals surface area contributed by atoms with E-state index in [1.807, 2.05) is 24.3 Å². The fraction of sp³-hybridized carbons (Fsp3) is 0.263. The summed E-state index contributed by atoms with van der Waals surface area (Å²) >= 11 is 5.84. The summed E-state index contributed by atoms with van der Waals surface area (Å²) in [6, 6.07) is 13.8. The average molecular weight is 404 g/mol. The molecule has 0 saturated carbocycles. The van der Waals surface area contributed by atoms with Crippen molar-refractivity contribution < 1.29 is 13.2 Å². The SMILES string of the molecule is O=C(Cn1cnc2ccccc21)N1CC[C@H](S(=O)(=O)c2ccc(Cl)cc2)C1. The van der Waals surface area contributed by atoms with E-state index in [-0.39, 0.29) is 23.9 Å². The monoisotopic (exact) mass is 403 g/mol. The molecule has 2 heterocycles. The van der Waals surface area contributed by atoms with E-state index < -0.39 is 15.1 Å². The number of rotatable bonds is 4. The molecule has 4 rings (SSSR count). The zero-order valence-corrected chi connectivity index (χ0v) is 16.0. The summed E-state index contributed by atoms with van der Waals surface area (Å²) in [4.78, 5) is 18.8. The predicted molar refractivity (Wildman–Crippen MR) is 103 cm³/mol. The summed E-state index contributed by atoms with van der Waals surface area (Å²) in [5.74, 6) is -0.105. The second-order valence-electron chi connectivity index (χ2n) is 6.61. The highest BCUT2D eigenvalue weighted by Crippen LogP contribution is 2.25. The lowest BCUT2D eigenvalue weighted by Gasteiger charge is -2.17. The van der Waals surface area contributed by atoms with Gasteiger partial charge in [0.25, 0.3) is 0 Å². The number of aromatic nitrogens is 2. The van der Waals surface area contributed by atoms with Gasteiger partial charge in [0.1, 0.15) is 6.54 Å². The minimum Gasteiger partial charge on any atom is -0.340 e. The number of carbonyl (C=O) groups excluding carboxylic acids is 1. The maximum atomic E-state index is 12.8. The Balaban J connectivity index is 1.47. The number of fused-ring (bicyclic) bond motifs is 1. The van der Waals surface area contributed by atoms with Crippen molar-refractivity contribution in [2.24, 2.45) is 0 Å². The Kier molecular flexibility index (Phi) is 4.65. The number of imidazole rings is 1. The zero-order chi connectivity index (χ0) is 19.0. The molecule has 1 aromatic heterocycles. The van der Waals surface area contributed by atoms with Gasteiger partial charge < -0.3 is 9.47 Å². The summed E-state index contributed by atoms with van der Waals surface area (Å²) < 4.78 is 27.4. The van der Waals surface area contributed by atoms with E-state index in [4.69, 9.17) is 11.6 Å². The standard InChI is InChI=1S/C19H18ClN3O3S/c20-14-5-7-15(8-6-14)27(25,26)16-9-10-22(11-16)19(24)12-23-13-21-17-3-1-2-4-18(17)23/h1-8,13,16H,9-12H2/t16-/m0/s1. The fourth-order valence-corrected chi connectivity index (χ4v) is 5.22. The molecule has 1 amide bonds. The van der Waals surface area contributed by atoms with Crippen molar-refractivity contribution in [3.63, 3.8) is 0 Å². The molecule has 6 nitrogen and oxygen atoms in total. The maximum Gasteiger partial charge on any atom is 0.242 e. The van der Waals surface area contributed by atoms with Gasteiger partial charge >= 0.3 is 0 Å². The first-order valence-corrected chi connectivity index (χ1v) is 10.5. The average Bonchev–Trinajstić information content (AvgIpc) is 3.30. The summed E-state index contributed by atoms with van der Waals surface area (Å²) in [5.41, 5.74) is 1.71. The number of halogens is 1. The smallest absolute Gasteiger partial charge is 0.242 e. The van der Waals surface area contributed by atoms with Crippen molar-refractivity contribution in [1.29, 1.82) is 0 Å². The highest BCUT2D eigenvalue weighted by atomic mass is 35.5. The summed E-state index contributed by atoms with van der Waals surface area (Å²) in [7, 11) is -3.49. The molecule has 1 fully saturated rings. The molecule has 8 heteroatoms. The molecule has 1 aliphatic heterocycles. The van der Waals surface area contributed by atoms with E-state index in [9.17, 15) is 13.2 Å². The summed E-state index contributed by atoms with van der Waals surface area (Å²) in [5, 5.41) is -0.105. The van der Waals surface area contributed by atoms with Crippen LogP contribution in [0.3, 0.4) is 0 Å². The third-order valence-corrected chi connectivity index (χ3v) is 7.36. The van der Waals surface area contributed by atoms with Crippen molar-refractivity contribution >= 4 is 38.4 Å². The Morgan fingerprint density at radius 3 is 2.67 bits per heavy atom. The van der Waals surface area contributed by atoms with Crippen LogP contribution in [0, 0.1) is 0 Å². The van der Waals surface area contributed by atoms with Crippen LogP contribution in [0.5, 0.6) is 0 Å². The van der Waals surface area contributed by atoms with Gasteiger partial charge in [-0.2, -0.15) is 0 Å². The van der Waals surface area contributed by atoms with E-state index in [2.05, 4.69) is 4.98 Å². The largest absolute Gasteiger partial charge is 0.340 e. The van der Waals surface area contributed by atoms with Crippen LogP contribution in [0.4, 0.5) is 0 Å². The van der Waals surface area contributed by atoms with Crippen molar-refractivity contribution in [2.45, 2.75) is 23.1 Å². The molecule has 140 valence electrons. The van der Waals surface area contributed by atoms with Crippen molar-refractivity contribution in [1.82, 2.24) is 14.5 Å². The van der Waals surface area contributed by atoms with E-state index in [0.29, 0.717) is 18.0 Å². The van der Waals surface area contributed by atoms with Crippen molar-refractivity contribution in [3.05, 3.63) is 59.9 Å². The molecule has 0 spiro atoms. The number of likely N-dealkylation sites (tertiary alicyclic amines) is 1. The van der Waals surface area contributed by atoms with Crippen LogP contribution in [0.15, 0.2) is 59.8 Å². The number of carbonyl (C=O) groups is 1. The lowest BCUT2D eigenvalue weighted by atomic mass is 10.3. The lowest BCUT2D eigenvalue weighted by Crippen LogP contribution is -2.34. The Labute approximate surface area is 162 Å². The lowest BCUT2D eigenvalue weighted by molar-refractivity contribution is -0.130. The van der Waals surface area contributed by atoms with Gasteiger partial charge in [-0.1, -0.05) is 23.7 Å². The van der Waals surface area contributed by atoms with Crippen LogP contribution in [-0.2, 0) is 21.2 Å². The highest BCUT2D eigenvalue weighted by molar-refractivity contribution is 7.92. The minimum absolute atomic E-state index is 0.105. The molecule has 3 aromatic rings. The van der Waals surface area contributed by atoms with Gasteiger partial charge in [0.2, 0.25) is 5.91 Å². The van der Waals surface area contributed by atoms with Crippen LogP contribution >= 0.6 is 11.6 Å². The topological polar surface area (TPSA) is 72.3 Å². The van der Waals surface area contributed by atoms with Gasteiger partial charge in [0, 0.05) is 18.1 Å². The number of hydrogen-bond donors (Lipinski definition) is 0. The Morgan fingerprint density at radius 1 is 1.15 bits per heavy atom. The zero-order valence-electron chi connectivity index (χ0n) is 14.5. The summed E-state index contributed by atoms with van der Waals surface area (Å²) in [6.45, 7) is 0.785. The van der Waals surface area contributed by atoms with E-state index in [1.165, 1.54) is 12.1 Å². The third-order valence-electron chi connectivity index (χ3n) is 4.91. The second kappa shape index (κ2) is 6.98. The van der Waals surface area contributed by atoms with Gasteiger partial charge in [0.15, 0.2) is 9.84 Å². The number of hydrogen-bond acceptors (Lipinski definition) is 4. The molecule has 0 bridgehead atoms. The van der Waals surface area contributed by atoms with Crippen LogP contribution in [0.2, 0.25) is 5.02 Å². The molecule has 0 unspecified atom stereocenters. The number of amides is 1. The fourth-order valence-electron chi connectivity index (χ4n) is 3.41.